The second kappa shape index (κ2) is 6.05. The maximum absolute atomic E-state index is 11.9. The molecule has 0 unspecified atom stereocenters. The summed E-state index contributed by atoms with van der Waals surface area (Å²) in [7, 11) is 0. The fourth-order valence-corrected chi connectivity index (χ4v) is 2.48. The molecule has 1 aliphatic rings. The lowest BCUT2D eigenvalue weighted by atomic mass is 10.2. The van der Waals surface area contributed by atoms with Crippen molar-refractivity contribution in [1.29, 1.82) is 0 Å². The van der Waals surface area contributed by atoms with Crippen LogP contribution in [0, 0.1) is 6.92 Å². The van der Waals surface area contributed by atoms with Gasteiger partial charge in [0.25, 0.3) is 0 Å². The third-order valence-corrected chi connectivity index (χ3v) is 3.68. The fourth-order valence-electron chi connectivity index (χ4n) is 2.48. The lowest BCUT2D eigenvalue weighted by Crippen LogP contribution is -2.28. The number of furan rings is 1. The Hall–Kier alpha value is -2.57. The molecule has 0 spiro atoms. The van der Waals surface area contributed by atoms with Crippen LogP contribution in [0.5, 0.6) is 0 Å². The smallest absolute Gasteiger partial charge is 0.227 e. The zero-order valence-electron chi connectivity index (χ0n) is 12.3. The fraction of sp³-hybridized carbons (Fsp3) is 0.400. The average Bonchev–Trinajstić information content (AvgIpc) is 3.19. The molecule has 0 aliphatic carbocycles. The van der Waals surface area contributed by atoms with Crippen LogP contribution in [0.2, 0.25) is 0 Å². The minimum atomic E-state index is -0.191. The van der Waals surface area contributed by atoms with Gasteiger partial charge in [-0.05, 0) is 19.4 Å². The molecule has 3 rings (SSSR count). The molecule has 0 bridgehead atoms. The van der Waals surface area contributed by atoms with E-state index in [9.17, 15) is 9.59 Å². The average molecular weight is 303 g/mol. The number of nitrogens with zero attached hydrogens (tertiary/aromatic N) is 2. The van der Waals surface area contributed by atoms with Gasteiger partial charge in [0.2, 0.25) is 11.8 Å². The Morgan fingerprint density at radius 2 is 2.36 bits per heavy atom. The van der Waals surface area contributed by atoms with E-state index in [4.69, 9.17) is 8.94 Å². The van der Waals surface area contributed by atoms with E-state index in [1.54, 1.807) is 23.3 Å². The van der Waals surface area contributed by atoms with E-state index < -0.39 is 0 Å². The number of carbonyl (C=O) groups is 2. The molecule has 2 aromatic rings. The van der Waals surface area contributed by atoms with Gasteiger partial charge in [0.05, 0.1) is 11.8 Å². The summed E-state index contributed by atoms with van der Waals surface area (Å²) >= 11 is 0. The van der Waals surface area contributed by atoms with Gasteiger partial charge in [0.1, 0.15) is 5.76 Å². The Balaban J connectivity index is 1.55. The number of nitrogens with one attached hydrogen (secondary N) is 1. The highest BCUT2D eigenvalue weighted by molar-refractivity contribution is 5.90. The Kier molecular flexibility index (Phi) is 3.95. The van der Waals surface area contributed by atoms with Crippen molar-refractivity contribution in [3.63, 3.8) is 0 Å². The standard InChI is InChI=1S/C15H17N3O4/c1-10-11(5-8-21-10)12-9-13(17-22-12)16-14(19)4-7-18-6-2-3-15(18)20/h5,8-9H,2-4,6-7H2,1H3,(H,16,17,19). The Morgan fingerprint density at radius 1 is 1.50 bits per heavy atom. The van der Waals surface area contributed by atoms with E-state index >= 15 is 0 Å². The lowest BCUT2D eigenvalue weighted by molar-refractivity contribution is -0.128. The molecule has 7 heteroatoms. The summed E-state index contributed by atoms with van der Waals surface area (Å²) in [5.41, 5.74) is 0.802. The van der Waals surface area contributed by atoms with Crippen LogP contribution < -0.4 is 5.32 Å². The largest absolute Gasteiger partial charge is 0.469 e. The first-order chi connectivity index (χ1) is 10.6. The summed E-state index contributed by atoms with van der Waals surface area (Å²) in [4.78, 5) is 25.1. The van der Waals surface area contributed by atoms with Crippen LogP contribution in [0.4, 0.5) is 5.82 Å². The van der Waals surface area contributed by atoms with E-state index in [-0.39, 0.29) is 18.2 Å². The maximum atomic E-state index is 11.9. The SMILES string of the molecule is Cc1occc1-c1cc(NC(=O)CCN2CCCC2=O)no1. The molecule has 0 radical (unpaired) electrons. The van der Waals surface area contributed by atoms with Crippen molar-refractivity contribution in [3.05, 3.63) is 24.2 Å². The third-order valence-electron chi connectivity index (χ3n) is 3.68. The third kappa shape index (κ3) is 3.03. The minimum absolute atomic E-state index is 0.118. The van der Waals surface area contributed by atoms with E-state index in [0.29, 0.717) is 24.5 Å². The highest BCUT2D eigenvalue weighted by Crippen LogP contribution is 2.26. The molecule has 3 heterocycles. The van der Waals surface area contributed by atoms with Crippen molar-refractivity contribution in [2.75, 3.05) is 18.4 Å². The van der Waals surface area contributed by atoms with Crippen molar-refractivity contribution in [2.24, 2.45) is 0 Å². The van der Waals surface area contributed by atoms with Crippen LogP contribution >= 0.6 is 0 Å². The molecule has 116 valence electrons. The van der Waals surface area contributed by atoms with Crippen molar-refractivity contribution in [3.8, 4) is 11.3 Å². The number of anilines is 1. The van der Waals surface area contributed by atoms with Crippen LogP contribution in [0.25, 0.3) is 11.3 Å². The molecule has 1 N–H and O–H groups in total. The summed E-state index contributed by atoms with van der Waals surface area (Å²) in [5.74, 6) is 1.54. The molecule has 1 fully saturated rings. The van der Waals surface area contributed by atoms with Crippen molar-refractivity contribution >= 4 is 17.6 Å². The highest BCUT2D eigenvalue weighted by atomic mass is 16.5. The van der Waals surface area contributed by atoms with Crippen LogP contribution in [0.3, 0.4) is 0 Å². The van der Waals surface area contributed by atoms with E-state index in [1.165, 1.54) is 0 Å². The van der Waals surface area contributed by atoms with Gasteiger partial charge in [-0.15, -0.1) is 0 Å². The van der Waals surface area contributed by atoms with Crippen LogP contribution in [0.1, 0.15) is 25.0 Å². The minimum Gasteiger partial charge on any atom is -0.469 e. The molecular formula is C15H17N3O4. The second-order valence-electron chi connectivity index (χ2n) is 5.25. The van der Waals surface area contributed by atoms with Gasteiger partial charge in [-0.25, -0.2) is 0 Å². The number of aromatic nitrogens is 1. The number of hydrogen-bond donors (Lipinski definition) is 1. The van der Waals surface area contributed by atoms with Gasteiger partial charge in [-0.2, -0.15) is 0 Å². The molecule has 2 aromatic heterocycles. The summed E-state index contributed by atoms with van der Waals surface area (Å²) in [6.45, 7) is 3.00. The van der Waals surface area contributed by atoms with Gasteiger partial charge in [0.15, 0.2) is 11.6 Å². The van der Waals surface area contributed by atoms with Gasteiger partial charge in [0, 0.05) is 32.0 Å². The number of likely N-dealkylation sites (tertiary alicyclic amines) is 1. The summed E-state index contributed by atoms with van der Waals surface area (Å²) in [6.07, 6.45) is 3.27. The van der Waals surface area contributed by atoms with Crippen molar-refractivity contribution in [1.82, 2.24) is 10.1 Å². The molecule has 1 aliphatic heterocycles. The molecular weight excluding hydrogens is 286 g/mol. The number of amides is 2. The Labute approximate surface area is 127 Å². The van der Waals surface area contributed by atoms with Gasteiger partial charge in [-0.3, -0.25) is 9.59 Å². The molecule has 7 nitrogen and oxygen atoms in total. The number of aryl methyl sites for hydroxylation is 1. The molecule has 2 amide bonds. The zero-order chi connectivity index (χ0) is 15.5. The maximum Gasteiger partial charge on any atom is 0.227 e. The summed E-state index contributed by atoms with van der Waals surface area (Å²) in [5, 5.41) is 6.49. The Morgan fingerprint density at radius 3 is 3.05 bits per heavy atom. The highest BCUT2D eigenvalue weighted by Gasteiger charge is 2.20. The van der Waals surface area contributed by atoms with Gasteiger partial charge >= 0.3 is 0 Å². The van der Waals surface area contributed by atoms with Crippen LogP contribution in [-0.4, -0.2) is 35.0 Å². The molecule has 0 aromatic carbocycles. The van der Waals surface area contributed by atoms with Crippen molar-refractivity contribution in [2.45, 2.75) is 26.2 Å². The van der Waals surface area contributed by atoms with Crippen molar-refractivity contribution < 1.29 is 18.5 Å². The first-order valence-corrected chi connectivity index (χ1v) is 7.22. The van der Waals surface area contributed by atoms with Crippen LogP contribution in [0.15, 0.2) is 27.3 Å². The molecule has 22 heavy (non-hydrogen) atoms. The number of rotatable bonds is 5. The zero-order valence-corrected chi connectivity index (χ0v) is 12.3. The number of carbonyl (C=O) groups excluding carboxylic acids is 2. The Bertz CT molecular complexity index is 689. The molecule has 0 saturated carbocycles. The predicted octanol–water partition coefficient (Wildman–Crippen LogP) is 2.19. The van der Waals surface area contributed by atoms with Crippen LogP contribution in [-0.2, 0) is 9.59 Å². The summed E-state index contributed by atoms with van der Waals surface area (Å²) in [6, 6.07) is 3.43. The molecule has 0 atom stereocenters. The monoisotopic (exact) mass is 303 g/mol. The van der Waals surface area contributed by atoms with E-state index in [2.05, 4.69) is 10.5 Å². The quantitative estimate of drug-likeness (QED) is 0.914. The normalized spacial score (nSPS) is 14.6. The predicted molar refractivity (Wildman–Crippen MR) is 78.0 cm³/mol. The van der Waals surface area contributed by atoms with Gasteiger partial charge < -0.3 is 19.2 Å². The first kappa shape index (κ1) is 14.4. The summed E-state index contributed by atoms with van der Waals surface area (Å²) < 4.78 is 10.4. The second-order valence-corrected chi connectivity index (χ2v) is 5.25. The van der Waals surface area contributed by atoms with E-state index in [1.807, 2.05) is 6.92 Å². The van der Waals surface area contributed by atoms with E-state index in [0.717, 1.165) is 24.3 Å². The topological polar surface area (TPSA) is 88.6 Å². The van der Waals surface area contributed by atoms with Gasteiger partial charge in [-0.1, -0.05) is 5.16 Å². The molecule has 1 saturated heterocycles. The first-order valence-electron chi connectivity index (χ1n) is 7.22. The lowest BCUT2D eigenvalue weighted by Gasteiger charge is -2.14. The number of hydrogen-bond acceptors (Lipinski definition) is 5.